The minimum Gasteiger partial charge on any atom is -0.338 e. The molecule has 5 nitrogen and oxygen atoms in total. The fraction of sp³-hybridized carbons (Fsp3) is 0.375. The summed E-state index contributed by atoms with van der Waals surface area (Å²) in [5.41, 5.74) is 1.36. The van der Waals surface area contributed by atoms with Crippen molar-refractivity contribution in [3.05, 3.63) is 75.5 Å². The zero-order valence-electron chi connectivity index (χ0n) is 16.7. The number of fused-ring (bicyclic) bond motifs is 1. The number of halogens is 1. The van der Waals surface area contributed by atoms with E-state index in [1.807, 2.05) is 12.1 Å². The van der Waals surface area contributed by atoms with Gasteiger partial charge in [-0.05, 0) is 42.0 Å². The number of carbonyl (C=O) groups is 1. The normalized spacial score (nSPS) is 16.6. The second-order valence-electron chi connectivity index (χ2n) is 8.63. The number of nitrogens with zero attached hydrogens (tertiary/aromatic N) is 2. The van der Waals surface area contributed by atoms with Crippen molar-refractivity contribution in [3.63, 3.8) is 0 Å². The number of rotatable bonds is 6. The van der Waals surface area contributed by atoms with E-state index in [1.54, 1.807) is 29.2 Å². The molecule has 0 radical (unpaired) electrons. The van der Waals surface area contributed by atoms with Crippen molar-refractivity contribution in [2.24, 2.45) is 11.8 Å². The van der Waals surface area contributed by atoms with Crippen molar-refractivity contribution in [1.29, 1.82) is 0 Å². The summed E-state index contributed by atoms with van der Waals surface area (Å²) < 4.78 is 14.4. The van der Waals surface area contributed by atoms with Gasteiger partial charge in [0.1, 0.15) is 5.82 Å². The highest BCUT2D eigenvalue weighted by molar-refractivity contribution is 5.95. The van der Waals surface area contributed by atoms with Gasteiger partial charge in [0.25, 0.3) is 11.5 Å². The van der Waals surface area contributed by atoms with E-state index in [2.05, 4.69) is 10.2 Å². The summed E-state index contributed by atoms with van der Waals surface area (Å²) in [5.74, 6) is 0.722. The largest absolute Gasteiger partial charge is 0.338 e. The van der Waals surface area contributed by atoms with Crippen molar-refractivity contribution in [2.45, 2.75) is 32.1 Å². The van der Waals surface area contributed by atoms with Crippen LogP contribution in [0.25, 0.3) is 10.8 Å². The van der Waals surface area contributed by atoms with Gasteiger partial charge in [-0.1, -0.05) is 43.5 Å². The molecule has 30 heavy (non-hydrogen) atoms. The van der Waals surface area contributed by atoms with Gasteiger partial charge in [-0.25, -0.2) is 9.49 Å². The zero-order chi connectivity index (χ0) is 20.7. The predicted molar refractivity (Wildman–Crippen MR) is 113 cm³/mol. The van der Waals surface area contributed by atoms with Gasteiger partial charge in [-0.2, -0.15) is 5.10 Å². The Kier molecular flexibility index (Phi) is 4.85. The molecule has 2 aromatic carbocycles. The topological polar surface area (TPSA) is 66.1 Å². The van der Waals surface area contributed by atoms with Crippen LogP contribution in [0.3, 0.4) is 0 Å². The van der Waals surface area contributed by atoms with Crippen LogP contribution in [0.1, 0.15) is 47.3 Å². The molecule has 3 aromatic rings. The summed E-state index contributed by atoms with van der Waals surface area (Å²) in [4.78, 5) is 26.6. The van der Waals surface area contributed by atoms with Crippen LogP contribution in [0.15, 0.2) is 47.3 Å². The van der Waals surface area contributed by atoms with Gasteiger partial charge in [0.15, 0.2) is 0 Å². The quantitative estimate of drug-likeness (QED) is 0.676. The maximum absolute atomic E-state index is 14.4. The monoisotopic (exact) mass is 405 g/mol. The minimum atomic E-state index is -0.496. The van der Waals surface area contributed by atoms with Crippen molar-refractivity contribution in [2.75, 3.05) is 13.1 Å². The Balaban J connectivity index is 1.32. The molecule has 0 atom stereocenters. The van der Waals surface area contributed by atoms with Crippen LogP contribution >= 0.6 is 0 Å². The molecule has 154 valence electrons. The van der Waals surface area contributed by atoms with Crippen LogP contribution in [0, 0.1) is 17.7 Å². The number of likely N-dealkylation sites (tertiary alicyclic amines) is 1. The molecule has 1 aliphatic carbocycles. The standard InChI is InChI=1S/C24H24FN3O2/c25-21-10-9-16(12-22-18-3-1-2-4-19(18)23(29)27-26-22)11-20(21)24(30)28-13-17(14-28)8-7-15-5-6-15/h1-4,9-11,15,17H,5-8,12-14H2,(H,27,29). The lowest BCUT2D eigenvalue weighted by Gasteiger charge is -2.39. The van der Waals surface area contributed by atoms with E-state index in [4.69, 9.17) is 0 Å². The first-order valence-electron chi connectivity index (χ1n) is 10.6. The molecule has 1 amide bonds. The van der Waals surface area contributed by atoms with Gasteiger partial charge in [0.2, 0.25) is 0 Å². The Morgan fingerprint density at radius 2 is 1.80 bits per heavy atom. The molecule has 2 fully saturated rings. The molecule has 6 heteroatoms. The van der Waals surface area contributed by atoms with E-state index >= 15 is 0 Å². The van der Waals surface area contributed by atoms with Crippen molar-refractivity contribution in [3.8, 4) is 0 Å². The molecular weight excluding hydrogens is 381 g/mol. The maximum Gasteiger partial charge on any atom is 0.272 e. The second kappa shape index (κ2) is 7.67. The molecule has 2 heterocycles. The summed E-state index contributed by atoms with van der Waals surface area (Å²) in [5, 5.41) is 8.04. The number of hydrogen-bond donors (Lipinski definition) is 1. The lowest BCUT2D eigenvalue weighted by Crippen LogP contribution is -2.50. The molecule has 5 rings (SSSR count). The number of H-pyrrole nitrogens is 1. The Hall–Kier alpha value is -3.02. The van der Waals surface area contributed by atoms with Crippen molar-refractivity contribution >= 4 is 16.7 Å². The minimum absolute atomic E-state index is 0.113. The molecule has 1 N–H and O–H groups in total. The summed E-state index contributed by atoms with van der Waals surface area (Å²) in [6, 6.07) is 11.9. The number of aromatic amines is 1. The summed E-state index contributed by atoms with van der Waals surface area (Å²) in [6.07, 6.45) is 5.54. The van der Waals surface area contributed by atoms with Gasteiger partial charge >= 0.3 is 0 Å². The van der Waals surface area contributed by atoms with Gasteiger partial charge < -0.3 is 4.90 Å². The SMILES string of the molecule is O=C(c1cc(Cc2n[nH]c(=O)c3ccccc23)ccc1F)N1CC(CCC2CC2)C1. The average molecular weight is 405 g/mol. The molecule has 2 aliphatic rings. The average Bonchev–Trinajstić information content (AvgIpc) is 3.55. The van der Waals surface area contributed by atoms with Gasteiger partial charge in [0.05, 0.1) is 16.6 Å². The van der Waals surface area contributed by atoms with Crippen molar-refractivity contribution < 1.29 is 9.18 Å². The highest BCUT2D eigenvalue weighted by Crippen LogP contribution is 2.36. The molecule has 1 saturated carbocycles. The maximum atomic E-state index is 14.4. The van der Waals surface area contributed by atoms with Gasteiger partial charge in [0, 0.05) is 24.9 Å². The molecule has 0 spiro atoms. The summed E-state index contributed by atoms with van der Waals surface area (Å²) >= 11 is 0. The number of aromatic nitrogens is 2. The molecular formula is C24H24FN3O2. The van der Waals surface area contributed by atoms with Gasteiger partial charge in [-0.15, -0.1) is 0 Å². The smallest absolute Gasteiger partial charge is 0.272 e. The third-order valence-electron chi connectivity index (χ3n) is 6.33. The van der Waals surface area contributed by atoms with Crippen LogP contribution < -0.4 is 5.56 Å². The van der Waals surface area contributed by atoms with Crippen LogP contribution in [-0.4, -0.2) is 34.1 Å². The van der Waals surface area contributed by atoms with Crippen LogP contribution in [0.4, 0.5) is 4.39 Å². The summed E-state index contributed by atoms with van der Waals surface area (Å²) in [6.45, 7) is 1.45. The predicted octanol–water partition coefficient (Wildman–Crippen LogP) is 3.92. The summed E-state index contributed by atoms with van der Waals surface area (Å²) in [7, 11) is 0. The van der Waals surface area contributed by atoms with E-state index in [-0.39, 0.29) is 17.0 Å². The molecule has 0 bridgehead atoms. The molecule has 1 saturated heterocycles. The van der Waals surface area contributed by atoms with Crippen molar-refractivity contribution in [1.82, 2.24) is 15.1 Å². The first kappa shape index (κ1) is 19.0. The fourth-order valence-corrected chi connectivity index (χ4v) is 4.31. The Bertz CT molecular complexity index is 1160. The number of benzene rings is 2. The third kappa shape index (κ3) is 3.74. The number of hydrogen-bond acceptors (Lipinski definition) is 3. The number of amides is 1. The highest BCUT2D eigenvalue weighted by Gasteiger charge is 2.33. The lowest BCUT2D eigenvalue weighted by molar-refractivity contribution is 0.0474. The van der Waals surface area contributed by atoms with E-state index < -0.39 is 5.82 Å². The molecule has 1 aromatic heterocycles. The third-order valence-corrected chi connectivity index (χ3v) is 6.33. The Morgan fingerprint density at radius 1 is 1.07 bits per heavy atom. The molecule has 0 unspecified atom stereocenters. The van der Waals surface area contributed by atoms with E-state index in [1.165, 1.54) is 31.7 Å². The highest BCUT2D eigenvalue weighted by atomic mass is 19.1. The Labute approximate surface area is 173 Å². The van der Waals surface area contributed by atoms with Crippen LogP contribution in [0.2, 0.25) is 0 Å². The van der Waals surface area contributed by atoms with Gasteiger partial charge in [-0.3, -0.25) is 9.59 Å². The fourth-order valence-electron chi connectivity index (χ4n) is 4.31. The first-order valence-corrected chi connectivity index (χ1v) is 10.6. The van der Waals surface area contributed by atoms with Crippen LogP contribution in [0.5, 0.6) is 0 Å². The van der Waals surface area contributed by atoms with E-state index in [9.17, 15) is 14.0 Å². The van der Waals surface area contributed by atoms with Crippen LogP contribution in [-0.2, 0) is 6.42 Å². The lowest BCUT2D eigenvalue weighted by atomic mass is 9.92. The zero-order valence-corrected chi connectivity index (χ0v) is 16.7. The second-order valence-corrected chi connectivity index (χ2v) is 8.63. The van der Waals surface area contributed by atoms with E-state index in [0.29, 0.717) is 23.4 Å². The Morgan fingerprint density at radius 3 is 2.57 bits per heavy atom. The number of carbonyl (C=O) groups excluding carboxylic acids is 1. The molecule has 1 aliphatic heterocycles. The van der Waals surface area contributed by atoms with E-state index in [0.717, 1.165) is 30.0 Å². The number of nitrogens with one attached hydrogen (secondary N) is 1. The first-order chi connectivity index (χ1) is 14.6.